The van der Waals surface area contributed by atoms with Gasteiger partial charge in [0.25, 0.3) is 0 Å². The van der Waals surface area contributed by atoms with Gasteiger partial charge in [-0.25, -0.2) is 0 Å². The Morgan fingerprint density at radius 3 is 3.06 bits per heavy atom. The molecule has 0 aliphatic heterocycles. The molecule has 0 radical (unpaired) electrons. The first-order valence-electron chi connectivity index (χ1n) is 5.68. The molecule has 0 aliphatic carbocycles. The van der Waals surface area contributed by atoms with Crippen molar-refractivity contribution in [2.45, 2.75) is 13.0 Å². The van der Waals surface area contributed by atoms with Crippen molar-refractivity contribution < 1.29 is 9.53 Å². The Labute approximate surface area is 102 Å². The lowest BCUT2D eigenvalue weighted by Gasteiger charge is -2.06. The zero-order valence-electron chi connectivity index (χ0n) is 10.1. The van der Waals surface area contributed by atoms with Crippen LogP contribution in [0.25, 0.3) is 0 Å². The van der Waals surface area contributed by atoms with Gasteiger partial charge in [-0.3, -0.25) is 9.78 Å². The van der Waals surface area contributed by atoms with Crippen LogP contribution in [0, 0.1) is 0 Å². The van der Waals surface area contributed by atoms with E-state index in [1.165, 1.54) is 0 Å². The number of amides is 1. The molecule has 1 rings (SSSR count). The molecule has 1 heterocycles. The lowest BCUT2D eigenvalue weighted by atomic mass is 10.3. The van der Waals surface area contributed by atoms with Gasteiger partial charge in [-0.05, 0) is 11.6 Å². The topological polar surface area (TPSA) is 63.2 Å². The van der Waals surface area contributed by atoms with Crippen LogP contribution in [-0.4, -0.2) is 37.7 Å². The van der Waals surface area contributed by atoms with Crippen LogP contribution in [0.2, 0.25) is 0 Å². The molecule has 2 N–H and O–H groups in total. The van der Waals surface area contributed by atoms with Crippen molar-refractivity contribution in [1.29, 1.82) is 0 Å². The van der Waals surface area contributed by atoms with Crippen LogP contribution in [0.1, 0.15) is 12.0 Å². The maximum atomic E-state index is 11.4. The maximum Gasteiger partial charge on any atom is 0.221 e. The first-order chi connectivity index (χ1) is 8.33. The molecule has 0 aromatic carbocycles. The van der Waals surface area contributed by atoms with Gasteiger partial charge in [-0.2, -0.15) is 0 Å². The molecule has 0 atom stereocenters. The monoisotopic (exact) mass is 237 g/mol. The summed E-state index contributed by atoms with van der Waals surface area (Å²) in [5, 5.41) is 5.96. The molecule has 0 saturated carbocycles. The molecule has 1 aromatic rings. The lowest BCUT2D eigenvalue weighted by molar-refractivity contribution is -0.121. The minimum absolute atomic E-state index is 0.0405. The lowest BCUT2D eigenvalue weighted by Crippen LogP contribution is -2.28. The number of nitrogens with zero attached hydrogens (tertiary/aromatic N) is 1. The number of hydrogen-bond acceptors (Lipinski definition) is 4. The summed E-state index contributed by atoms with van der Waals surface area (Å²) in [4.78, 5) is 15.4. The number of hydrogen-bond donors (Lipinski definition) is 2. The number of carbonyl (C=O) groups excluding carboxylic acids is 1. The van der Waals surface area contributed by atoms with E-state index >= 15 is 0 Å². The molecule has 5 nitrogen and oxygen atoms in total. The average molecular weight is 237 g/mol. The van der Waals surface area contributed by atoms with Crippen LogP contribution < -0.4 is 10.6 Å². The van der Waals surface area contributed by atoms with Crippen LogP contribution in [0.5, 0.6) is 0 Å². The molecule has 0 bridgehead atoms. The Bertz CT molecular complexity index is 317. The molecule has 0 unspecified atom stereocenters. The Morgan fingerprint density at radius 2 is 2.35 bits per heavy atom. The fourth-order valence-corrected chi connectivity index (χ4v) is 1.29. The molecule has 94 valence electrons. The van der Waals surface area contributed by atoms with Crippen molar-refractivity contribution in [3.05, 3.63) is 30.1 Å². The maximum absolute atomic E-state index is 11.4. The van der Waals surface area contributed by atoms with E-state index < -0.39 is 0 Å². The van der Waals surface area contributed by atoms with Gasteiger partial charge in [0, 0.05) is 45.6 Å². The number of nitrogens with one attached hydrogen (secondary N) is 2. The molecule has 0 aliphatic rings. The molecular formula is C12H19N3O2. The Balaban J connectivity index is 2.05. The second-order valence-electron chi connectivity index (χ2n) is 3.63. The summed E-state index contributed by atoms with van der Waals surface area (Å²) >= 11 is 0. The highest BCUT2D eigenvalue weighted by Gasteiger charge is 2.00. The summed E-state index contributed by atoms with van der Waals surface area (Å²) in [6.07, 6.45) is 3.94. The van der Waals surface area contributed by atoms with E-state index in [9.17, 15) is 4.79 Å². The minimum atomic E-state index is 0.0405. The Hall–Kier alpha value is -1.46. The van der Waals surface area contributed by atoms with Gasteiger partial charge in [0.15, 0.2) is 0 Å². The SMILES string of the molecule is COCCNCCC(=O)NCc1cccnc1. The highest BCUT2D eigenvalue weighted by atomic mass is 16.5. The average Bonchev–Trinajstić information content (AvgIpc) is 2.37. The predicted molar refractivity (Wildman–Crippen MR) is 65.4 cm³/mol. The third-order valence-corrected chi connectivity index (χ3v) is 2.22. The molecular weight excluding hydrogens is 218 g/mol. The molecule has 0 spiro atoms. The fraction of sp³-hybridized carbons (Fsp3) is 0.500. The van der Waals surface area contributed by atoms with Gasteiger partial charge < -0.3 is 15.4 Å². The Kier molecular flexibility index (Phi) is 6.93. The van der Waals surface area contributed by atoms with Gasteiger partial charge in [-0.1, -0.05) is 6.07 Å². The smallest absolute Gasteiger partial charge is 0.221 e. The molecule has 5 heteroatoms. The van der Waals surface area contributed by atoms with Crippen molar-refractivity contribution in [3.8, 4) is 0 Å². The van der Waals surface area contributed by atoms with Crippen LogP contribution in [0.15, 0.2) is 24.5 Å². The first kappa shape index (κ1) is 13.6. The van der Waals surface area contributed by atoms with Gasteiger partial charge >= 0.3 is 0 Å². The van der Waals surface area contributed by atoms with Crippen molar-refractivity contribution in [3.63, 3.8) is 0 Å². The summed E-state index contributed by atoms with van der Waals surface area (Å²) in [7, 11) is 1.66. The van der Waals surface area contributed by atoms with E-state index in [2.05, 4.69) is 15.6 Å². The van der Waals surface area contributed by atoms with E-state index in [1.807, 2.05) is 12.1 Å². The second kappa shape index (κ2) is 8.66. The van der Waals surface area contributed by atoms with E-state index in [0.29, 0.717) is 26.1 Å². The van der Waals surface area contributed by atoms with Gasteiger partial charge in [0.2, 0.25) is 5.91 Å². The summed E-state index contributed by atoms with van der Waals surface area (Å²) in [6.45, 7) is 2.64. The standard InChI is InChI=1S/C12H19N3O2/c1-17-8-7-13-6-4-12(16)15-10-11-3-2-5-14-9-11/h2-3,5,9,13H,4,6-8,10H2,1H3,(H,15,16). The van der Waals surface area contributed by atoms with E-state index in [0.717, 1.165) is 12.1 Å². The highest BCUT2D eigenvalue weighted by Crippen LogP contribution is 1.94. The number of aromatic nitrogens is 1. The fourth-order valence-electron chi connectivity index (χ4n) is 1.29. The third-order valence-electron chi connectivity index (χ3n) is 2.22. The van der Waals surface area contributed by atoms with Crippen molar-refractivity contribution in [1.82, 2.24) is 15.6 Å². The summed E-state index contributed by atoms with van der Waals surface area (Å²) in [5.74, 6) is 0.0405. The number of ether oxygens (including phenoxy) is 1. The number of rotatable bonds is 8. The zero-order valence-corrected chi connectivity index (χ0v) is 10.1. The first-order valence-corrected chi connectivity index (χ1v) is 5.68. The number of pyridine rings is 1. The van der Waals surface area contributed by atoms with E-state index in [-0.39, 0.29) is 5.91 Å². The molecule has 17 heavy (non-hydrogen) atoms. The zero-order chi connectivity index (χ0) is 12.3. The second-order valence-corrected chi connectivity index (χ2v) is 3.63. The largest absolute Gasteiger partial charge is 0.383 e. The van der Waals surface area contributed by atoms with Gasteiger partial charge in [0.1, 0.15) is 0 Å². The highest BCUT2D eigenvalue weighted by molar-refractivity contribution is 5.76. The summed E-state index contributed by atoms with van der Waals surface area (Å²) < 4.78 is 4.88. The van der Waals surface area contributed by atoms with Gasteiger partial charge in [-0.15, -0.1) is 0 Å². The molecule has 1 amide bonds. The third kappa shape index (κ3) is 6.65. The predicted octanol–water partition coefficient (Wildman–Crippen LogP) is 0.324. The van der Waals surface area contributed by atoms with E-state index in [1.54, 1.807) is 19.5 Å². The summed E-state index contributed by atoms with van der Waals surface area (Å²) in [5.41, 5.74) is 1.01. The van der Waals surface area contributed by atoms with Crippen molar-refractivity contribution >= 4 is 5.91 Å². The van der Waals surface area contributed by atoms with Crippen molar-refractivity contribution in [2.24, 2.45) is 0 Å². The van der Waals surface area contributed by atoms with Crippen LogP contribution in [0.3, 0.4) is 0 Å². The number of methoxy groups -OCH3 is 1. The minimum Gasteiger partial charge on any atom is -0.383 e. The van der Waals surface area contributed by atoms with Gasteiger partial charge in [0.05, 0.1) is 6.61 Å². The van der Waals surface area contributed by atoms with Crippen LogP contribution in [0.4, 0.5) is 0 Å². The van der Waals surface area contributed by atoms with Crippen molar-refractivity contribution in [2.75, 3.05) is 26.8 Å². The van der Waals surface area contributed by atoms with Crippen LogP contribution >= 0.6 is 0 Å². The van der Waals surface area contributed by atoms with E-state index in [4.69, 9.17) is 4.74 Å². The normalized spacial score (nSPS) is 10.2. The molecule has 1 aromatic heterocycles. The number of carbonyl (C=O) groups is 1. The molecule has 0 fully saturated rings. The molecule has 0 saturated heterocycles. The van der Waals surface area contributed by atoms with Crippen LogP contribution in [-0.2, 0) is 16.1 Å². The quantitative estimate of drug-likeness (QED) is 0.639. The summed E-state index contributed by atoms with van der Waals surface area (Å²) in [6, 6.07) is 3.79. The Morgan fingerprint density at radius 1 is 1.47 bits per heavy atom.